The van der Waals surface area contributed by atoms with Gasteiger partial charge in [-0.3, -0.25) is 0 Å². The Bertz CT molecular complexity index is 339. The van der Waals surface area contributed by atoms with E-state index in [4.69, 9.17) is 5.26 Å². The minimum atomic E-state index is -2.89. The lowest BCUT2D eigenvalue weighted by atomic mass is 10.4. The molecule has 1 aromatic rings. The highest BCUT2D eigenvalue weighted by Gasteiger charge is 2.22. The fourth-order valence-electron chi connectivity index (χ4n) is 0.659. The molecule has 0 atom stereocenters. The Labute approximate surface area is 79.2 Å². The molecule has 14 heavy (non-hydrogen) atoms. The summed E-state index contributed by atoms with van der Waals surface area (Å²) in [5.41, 5.74) is 0. The molecule has 74 valence electrons. The number of rotatable bonds is 3. The molecular formula is C8H7F2N3O. The van der Waals surface area contributed by atoms with Crippen LogP contribution in [-0.4, -0.2) is 22.5 Å². The molecule has 0 saturated heterocycles. The van der Waals surface area contributed by atoms with Crippen molar-refractivity contribution in [2.24, 2.45) is 0 Å². The smallest absolute Gasteiger partial charge is 0.278 e. The molecule has 0 fully saturated rings. The normalized spacial score (nSPS) is 10.7. The van der Waals surface area contributed by atoms with Crippen molar-refractivity contribution in [3.8, 4) is 11.8 Å². The van der Waals surface area contributed by atoms with Crippen LogP contribution in [0.3, 0.4) is 0 Å². The lowest BCUT2D eigenvalue weighted by Crippen LogP contribution is -2.21. The number of ether oxygens (including phenoxy) is 1. The Hall–Kier alpha value is -1.77. The van der Waals surface area contributed by atoms with Crippen molar-refractivity contribution in [2.45, 2.75) is 12.8 Å². The lowest BCUT2D eigenvalue weighted by molar-refractivity contribution is -0.0231. The molecular weight excluding hydrogens is 192 g/mol. The van der Waals surface area contributed by atoms with Crippen molar-refractivity contribution in [3.63, 3.8) is 0 Å². The van der Waals surface area contributed by atoms with Crippen LogP contribution >= 0.6 is 0 Å². The topological polar surface area (TPSA) is 58.8 Å². The van der Waals surface area contributed by atoms with Crippen LogP contribution in [0.15, 0.2) is 12.4 Å². The molecule has 0 aliphatic rings. The molecule has 1 rings (SSSR count). The summed E-state index contributed by atoms with van der Waals surface area (Å²) in [6.45, 7) is 0.0137. The summed E-state index contributed by atoms with van der Waals surface area (Å²) >= 11 is 0. The lowest BCUT2D eigenvalue weighted by Gasteiger charge is -2.10. The zero-order valence-corrected chi connectivity index (χ0v) is 7.37. The van der Waals surface area contributed by atoms with Gasteiger partial charge in [0.25, 0.3) is 5.92 Å². The fourth-order valence-corrected chi connectivity index (χ4v) is 0.659. The number of nitrogens with zero attached hydrogens (tertiary/aromatic N) is 3. The molecule has 0 unspecified atom stereocenters. The number of hydrogen-bond acceptors (Lipinski definition) is 4. The second kappa shape index (κ2) is 3.96. The van der Waals surface area contributed by atoms with Gasteiger partial charge in [-0.25, -0.2) is 18.7 Å². The SMILES string of the molecule is CC(F)(F)COc1cnc(C#N)nc1. The zero-order chi connectivity index (χ0) is 10.6. The number of halogens is 2. The van der Waals surface area contributed by atoms with Crippen molar-refractivity contribution >= 4 is 0 Å². The van der Waals surface area contributed by atoms with Gasteiger partial charge in [-0.1, -0.05) is 0 Å². The van der Waals surface area contributed by atoms with Crippen LogP contribution in [0.25, 0.3) is 0 Å². The van der Waals surface area contributed by atoms with Crippen molar-refractivity contribution in [1.29, 1.82) is 5.26 Å². The van der Waals surface area contributed by atoms with Gasteiger partial charge in [0.1, 0.15) is 6.07 Å². The van der Waals surface area contributed by atoms with Crippen LogP contribution in [0.4, 0.5) is 8.78 Å². The summed E-state index contributed by atoms with van der Waals surface area (Å²) in [7, 11) is 0. The molecule has 0 aliphatic carbocycles. The maximum atomic E-state index is 12.3. The summed E-state index contributed by atoms with van der Waals surface area (Å²) < 4.78 is 29.4. The first-order valence-electron chi connectivity index (χ1n) is 3.74. The number of aromatic nitrogens is 2. The number of hydrogen-bond donors (Lipinski definition) is 0. The van der Waals surface area contributed by atoms with Crippen molar-refractivity contribution in [1.82, 2.24) is 9.97 Å². The minimum Gasteiger partial charge on any atom is -0.484 e. The van der Waals surface area contributed by atoms with Crippen molar-refractivity contribution < 1.29 is 13.5 Å². The predicted octanol–water partition coefficient (Wildman–Crippen LogP) is 1.38. The molecule has 0 aromatic carbocycles. The van der Waals surface area contributed by atoms with E-state index in [0.29, 0.717) is 0 Å². The maximum Gasteiger partial charge on any atom is 0.278 e. The molecule has 0 N–H and O–H groups in total. The average Bonchev–Trinajstić information content (AvgIpc) is 2.14. The number of nitriles is 1. The highest BCUT2D eigenvalue weighted by Crippen LogP contribution is 2.14. The zero-order valence-electron chi connectivity index (χ0n) is 7.37. The van der Waals surface area contributed by atoms with Gasteiger partial charge in [-0.05, 0) is 0 Å². The van der Waals surface area contributed by atoms with Gasteiger partial charge in [0.2, 0.25) is 5.82 Å². The van der Waals surface area contributed by atoms with Crippen LogP contribution in [0.5, 0.6) is 5.75 Å². The Morgan fingerprint density at radius 2 is 2.07 bits per heavy atom. The Morgan fingerprint density at radius 3 is 2.50 bits per heavy atom. The van der Waals surface area contributed by atoms with Gasteiger partial charge in [0, 0.05) is 6.92 Å². The highest BCUT2D eigenvalue weighted by atomic mass is 19.3. The van der Waals surface area contributed by atoms with E-state index in [1.807, 2.05) is 0 Å². The largest absolute Gasteiger partial charge is 0.484 e. The molecule has 4 nitrogen and oxygen atoms in total. The Kier molecular flexibility index (Phi) is 2.92. The van der Waals surface area contributed by atoms with E-state index in [2.05, 4.69) is 14.7 Å². The first kappa shape index (κ1) is 10.3. The summed E-state index contributed by atoms with van der Waals surface area (Å²) in [4.78, 5) is 7.11. The van der Waals surface area contributed by atoms with Crippen LogP contribution in [-0.2, 0) is 0 Å². The van der Waals surface area contributed by atoms with E-state index in [1.54, 1.807) is 6.07 Å². The van der Waals surface area contributed by atoms with Gasteiger partial charge in [0.15, 0.2) is 12.4 Å². The molecule has 0 spiro atoms. The quantitative estimate of drug-likeness (QED) is 0.737. The van der Waals surface area contributed by atoms with Gasteiger partial charge in [0.05, 0.1) is 12.4 Å². The van der Waals surface area contributed by atoms with E-state index in [1.165, 1.54) is 12.4 Å². The fraction of sp³-hybridized carbons (Fsp3) is 0.375. The van der Waals surface area contributed by atoms with Gasteiger partial charge >= 0.3 is 0 Å². The molecule has 0 amide bonds. The molecule has 6 heteroatoms. The van der Waals surface area contributed by atoms with Gasteiger partial charge in [-0.15, -0.1) is 0 Å². The predicted molar refractivity (Wildman–Crippen MR) is 42.9 cm³/mol. The van der Waals surface area contributed by atoms with Gasteiger partial charge < -0.3 is 4.74 Å². The molecule has 1 aromatic heterocycles. The van der Waals surface area contributed by atoms with E-state index in [0.717, 1.165) is 6.92 Å². The van der Waals surface area contributed by atoms with E-state index < -0.39 is 12.5 Å². The van der Waals surface area contributed by atoms with E-state index in [-0.39, 0.29) is 11.6 Å². The second-order valence-corrected chi connectivity index (χ2v) is 2.71. The average molecular weight is 199 g/mol. The first-order valence-corrected chi connectivity index (χ1v) is 3.74. The minimum absolute atomic E-state index is 0.0272. The number of alkyl halides is 2. The van der Waals surface area contributed by atoms with Crippen LogP contribution in [0.2, 0.25) is 0 Å². The second-order valence-electron chi connectivity index (χ2n) is 2.71. The summed E-state index contributed by atoms with van der Waals surface area (Å²) in [6.07, 6.45) is 2.36. The molecule has 0 bridgehead atoms. The van der Waals surface area contributed by atoms with Crippen LogP contribution in [0.1, 0.15) is 12.7 Å². The maximum absolute atomic E-state index is 12.3. The Balaban J connectivity index is 2.58. The summed E-state index contributed by atoms with van der Waals surface area (Å²) in [5.74, 6) is -2.81. The highest BCUT2D eigenvalue weighted by molar-refractivity contribution is 5.17. The van der Waals surface area contributed by atoms with Crippen molar-refractivity contribution in [2.75, 3.05) is 6.61 Å². The third-order valence-corrected chi connectivity index (χ3v) is 1.22. The van der Waals surface area contributed by atoms with Gasteiger partial charge in [-0.2, -0.15) is 5.26 Å². The van der Waals surface area contributed by atoms with E-state index >= 15 is 0 Å². The third-order valence-electron chi connectivity index (χ3n) is 1.22. The monoisotopic (exact) mass is 199 g/mol. The summed E-state index contributed by atoms with van der Waals surface area (Å²) in [6, 6.07) is 1.70. The van der Waals surface area contributed by atoms with E-state index in [9.17, 15) is 8.78 Å². The Morgan fingerprint density at radius 1 is 1.50 bits per heavy atom. The molecule has 0 saturated carbocycles. The molecule has 0 radical (unpaired) electrons. The molecule has 1 heterocycles. The standard InChI is InChI=1S/C8H7F2N3O/c1-8(9,10)5-14-6-3-12-7(2-11)13-4-6/h3-4H,5H2,1H3. The first-order chi connectivity index (χ1) is 6.51. The van der Waals surface area contributed by atoms with Crippen LogP contribution < -0.4 is 4.74 Å². The summed E-state index contributed by atoms with van der Waals surface area (Å²) in [5, 5.41) is 8.35. The van der Waals surface area contributed by atoms with Crippen molar-refractivity contribution in [3.05, 3.63) is 18.2 Å². The third kappa shape index (κ3) is 3.31. The van der Waals surface area contributed by atoms with Crippen LogP contribution in [0, 0.1) is 11.3 Å². The molecule has 0 aliphatic heterocycles.